The third kappa shape index (κ3) is 3.42. The number of nitrogens with one attached hydrogen (secondary N) is 1. The molecule has 1 N–H and O–H groups in total. The molecule has 28 heavy (non-hydrogen) atoms. The van der Waals surface area contributed by atoms with E-state index in [1.807, 2.05) is 23.2 Å². The third-order valence-corrected chi connectivity index (χ3v) is 6.02. The van der Waals surface area contributed by atoms with Crippen molar-refractivity contribution in [2.24, 2.45) is 11.8 Å². The van der Waals surface area contributed by atoms with E-state index in [0.717, 1.165) is 63.9 Å². The topological polar surface area (TPSA) is 88.4 Å². The van der Waals surface area contributed by atoms with Gasteiger partial charge in [0.25, 0.3) is 0 Å². The first-order valence-electron chi connectivity index (χ1n) is 9.96. The average Bonchev–Trinajstić information content (AvgIpc) is 3.45. The van der Waals surface area contributed by atoms with Crippen LogP contribution in [0.4, 0.5) is 10.6 Å². The monoisotopic (exact) mass is 383 g/mol. The number of nitrogens with zero attached hydrogens (tertiary/aromatic N) is 6. The van der Waals surface area contributed by atoms with Crippen molar-refractivity contribution in [3.8, 4) is 5.82 Å². The van der Waals surface area contributed by atoms with Crippen LogP contribution in [0.5, 0.6) is 0 Å². The van der Waals surface area contributed by atoms with Gasteiger partial charge in [-0.1, -0.05) is 0 Å². The molecule has 5 heterocycles. The normalized spacial score (nSPS) is 25.1. The van der Waals surface area contributed by atoms with Crippen LogP contribution in [-0.4, -0.2) is 76.1 Å². The van der Waals surface area contributed by atoms with Crippen molar-refractivity contribution < 1.29 is 9.53 Å². The molecule has 2 unspecified atom stereocenters. The summed E-state index contributed by atoms with van der Waals surface area (Å²) in [5.41, 5.74) is 0. The number of urea groups is 1. The Kier molecular flexibility index (Phi) is 4.59. The molecule has 3 aliphatic heterocycles. The Morgan fingerprint density at radius 3 is 2.54 bits per heavy atom. The van der Waals surface area contributed by atoms with Gasteiger partial charge in [-0.05, 0) is 18.9 Å². The fourth-order valence-corrected chi connectivity index (χ4v) is 4.49. The Morgan fingerprint density at radius 2 is 1.82 bits per heavy atom. The summed E-state index contributed by atoms with van der Waals surface area (Å²) in [7, 11) is 0. The van der Waals surface area contributed by atoms with Gasteiger partial charge in [0.05, 0.1) is 0 Å². The zero-order valence-electron chi connectivity index (χ0n) is 15.8. The Bertz CT molecular complexity index is 807. The quantitative estimate of drug-likeness (QED) is 0.848. The fraction of sp³-hybridized carbons (Fsp3) is 0.579. The fourth-order valence-electron chi connectivity index (χ4n) is 4.49. The van der Waals surface area contributed by atoms with Gasteiger partial charge in [-0.2, -0.15) is 5.10 Å². The van der Waals surface area contributed by atoms with Crippen LogP contribution >= 0.6 is 0 Å². The summed E-state index contributed by atoms with van der Waals surface area (Å²) >= 11 is 0. The molecule has 0 spiro atoms. The van der Waals surface area contributed by atoms with E-state index < -0.39 is 0 Å². The maximum Gasteiger partial charge on any atom is 0.317 e. The predicted octanol–water partition coefficient (Wildman–Crippen LogP) is 0.919. The first-order valence-corrected chi connectivity index (χ1v) is 9.96. The number of aromatic nitrogens is 4. The highest BCUT2D eigenvalue weighted by Gasteiger charge is 2.42. The number of rotatable bonds is 3. The van der Waals surface area contributed by atoms with Crippen molar-refractivity contribution in [2.45, 2.75) is 18.9 Å². The van der Waals surface area contributed by atoms with E-state index in [-0.39, 0.29) is 12.1 Å². The molecular weight excluding hydrogens is 358 g/mol. The molecule has 0 radical (unpaired) electrons. The summed E-state index contributed by atoms with van der Waals surface area (Å²) < 4.78 is 7.11. The molecule has 0 aliphatic carbocycles. The van der Waals surface area contributed by atoms with Crippen molar-refractivity contribution in [3.05, 3.63) is 30.9 Å². The summed E-state index contributed by atoms with van der Waals surface area (Å²) in [4.78, 5) is 25.7. The molecule has 3 saturated heterocycles. The lowest BCUT2D eigenvalue weighted by Crippen LogP contribution is -2.46. The van der Waals surface area contributed by atoms with E-state index in [1.165, 1.54) is 0 Å². The van der Waals surface area contributed by atoms with Crippen molar-refractivity contribution in [1.82, 2.24) is 30.0 Å². The molecule has 9 heteroatoms. The van der Waals surface area contributed by atoms with Gasteiger partial charge in [-0.25, -0.2) is 19.4 Å². The van der Waals surface area contributed by atoms with Crippen molar-refractivity contribution in [2.75, 3.05) is 44.3 Å². The minimum absolute atomic E-state index is 0.0795. The van der Waals surface area contributed by atoms with Crippen LogP contribution in [0, 0.1) is 11.8 Å². The van der Waals surface area contributed by atoms with Crippen LogP contribution in [0.1, 0.15) is 12.8 Å². The lowest BCUT2D eigenvalue weighted by atomic mass is 10.0. The van der Waals surface area contributed by atoms with E-state index in [2.05, 4.69) is 25.3 Å². The van der Waals surface area contributed by atoms with Crippen molar-refractivity contribution in [1.29, 1.82) is 0 Å². The predicted molar refractivity (Wildman–Crippen MR) is 102 cm³/mol. The minimum atomic E-state index is 0.0795. The van der Waals surface area contributed by atoms with Crippen LogP contribution in [0.25, 0.3) is 5.82 Å². The highest BCUT2D eigenvalue weighted by Crippen LogP contribution is 2.33. The van der Waals surface area contributed by atoms with E-state index >= 15 is 0 Å². The van der Waals surface area contributed by atoms with Gasteiger partial charge in [0.2, 0.25) is 0 Å². The van der Waals surface area contributed by atoms with Gasteiger partial charge in [0.1, 0.15) is 12.1 Å². The van der Waals surface area contributed by atoms with Gasteiger partial charge >= 0.3 is 6.03 Å². The molecule has 3 aliphatic rings. The number of likely N-dealkylation sites (tertiary alicyclic amines) is 1. The molecule has 5 rings (SSSR count). The van der Waals surface area contributed by atoms with Crippen LogP contribution in [0.2, 0.25) is 0 Å². The largest absolute Gasteiger partial charge is 0.381 e. The maximum atomic E-state index is 12.6. The molecule has 0 aromatic carbocycles. The molecule has 2 amide bonds. The molecule has 9 nitrogen and oxygen atoms in total. The number of carbonyl (C=O) groups is 1. The van der Waals surface area contributed by atoms with E-state index in [0.29, 0.717) is 11.8 Å². The zero-order chi connectivity index (χ0) is 18.9. The molecule has 2 atom stereocenters. The van der Waals surface area contributed by atoms with Crippen molar-refractivity contribution >= 4 is 11.8 Å². The number of anilines is 1. The number of amides is 2. The molecule has 0 saturated carbocycles. The Labute approximate surface area is 163 Å². The summed E-state index contributed by atoms with van der Waals surface area (Å²) in [5.74, 6) is 2.67. The van der Waals surface area contributed by atoms with Crippen molar-refractivity contribution in [3.63, 3.8) is 0 Å². The number of fused-ring (bicyclic) bond motifs is 1. The van der Waals surface area contributed by atoms with E-state index in [1.54, 1.807) is 17.2 Å². The van der Waals surface area contributed by atoms with Crippen LogP contribution in [0.3, 0.4) is 0 Å². The minimum Gasteiger partial charge on any atom is -0.381 e. The van der Waals surface area contributed by atoms with Crippen LogP contribution in [-0.2, 0) is 4.74 Å². The Morgan fingerprint density at radius 1 is 1.07 bits per heavy atom. The van der Waals surface area contributed by atoms with E-state index in [4.69, 9.17) is 4.74 Å². The molecule has 0 bridgehead atoms. The SMILES string of the molecule is O=C(NC1CCOCC1)N1CC2CN(c3cc(-n4cccn4)ncn3)CC2C1. The lowest BCUT2D eigenvalue weighted by Gasteiger charge is -2.27. The smallest absolute Gasteiger partial charge is 0.317 e. The van der Waals surface area contributed by atoms with Gasteiger partial charge in [-0.15, -0.1) is 0 Å². The molecule has 3 fully saturated rings. The van der Waals surface area contributed by atoms with Gasteiger partial charge < -0.3 is 19.9 Å². The first kappa shape index (κ1) is 17.4. The number of hydrogen-bond donors (Lipinski definition) is 1. The van der Waals surface area contributed by atoms with Crippen LogP contribution in [0.15, 0.2) is 30.9 Å². The lowest BCUT2D eigenvalue weighted by molar-refractivity contribution is 0.0784. The zero-order valence-corrected chi connectivity index (χ0v) is 15.8. The summed E-state index contributed by atoms with van der Waals surface area (Å²) in [5, 5.41) is 7.42. The highest BCUT2D eigenvalue weighted by molar-refractivity contribution is 5.75. The third-order valence-electron chi connectivity index (χ3n) is 6.02. The second-order valence-corrected chi connectivity index (χ2v) is 7.85. The maximum absolute atomic E-state index is 12.6. The number of ether oxygens (including phenoxy) is 1. The van der Waals surface area contributed by atoms with Gasteiger partial charge in [0, 0.05) is 75.7 Å². The number of carbonyl (C=O) groups excluding carboxylic acids is 1. The number of hydrogen-bond acceptors (Lipinski definition) is 6. The van der Waals surface area contributed by atoms with Crippen LogP contribution < -0.4 is 10.2 Å². The van der Waals surface area contributed by atoms with Gasteiger partial charge in [-0.3, -0.25) is 0 Å². The molecule has 2 aromatic rings. The van der Waals surface area contributed by atoms with E-state index in [9.17, 15) is 4.79 Å². The summed E-state index contributed by atoms with van der Waals surface area (Å²) in [6.45, 7) is 4.94. The van der Waals surface area contributed by atoms with Gasteiger partial charge in [0.15, 0.2) is 5.82 Å². The molecule has 2 aromatic heterocycles. The standard InChI is InChI=1S/C19H25N7O2/c27-19(23-16-2-6-28-7-3-16)25-11-14-9-24(10-15(14)12-25)17-8-18(21-13-20-17)26-5-1-4-22-26/h1,4-5,8,13-16H,2-3,6-7,9-12H2,(H,23,27). The summed E-state index contributed by atoms with van der Waals surface area (Å²) in [6, 6.07) is 4.18. The Hall–Kier alpha value is -2.68. The summed E-state index contributed by atoms with van der Waals surface area (Å²) in [6.07, 6.45) is 7.02. The molecular formula is C19H25N7O2. The average molecular weight is 383 g/mol. The highest BCUT2D eigenvalue weighted by atomic mass is 16.5. The molecule has 148 valence electrons. The second-order valence-electron chi connectivity index (χ2n) is 7.85. The second kappa shape index (κ2) is 7.38. The Balaban J connectivity index is 1.19. The first-order chi connectivity index (χ1) is 13.8.